The van der Waals surface area contributed by atoms with E-state index >= 15 is 0 Å². The minimum absolute atomic E-state index is 1.11. The van der Waals surface area contributed by atoms with Crippen molar-refractivity contribution >= 4 is 16.5 Å². The summed E-state index contributed by atoms with van der Waals surface area (Å²) in [4.78, 5) is 0. The second-order valence-corrected chi connectivity index (χ2v) is 14.2. The molecule has 0 amide bonds. The minimum atomic E-state index is -1.11. The zero-order valence-corrected chi connectivity index (χ0v) is 10.2. The van der Waals surface area contributed by atoms with Crippen molar-refractivity contribution < 1.29 is 0 Å². The second-order valence-electron chi connectivity index (χ2n) is 4.73. The smallest absolute Gasteiger partial charge is 0.113 e. The van der Waals surface area contributed by atoms with Crippen LogP contribution in [0.3, 0.4) is 0 Å². The Hall–Kier alpha value is 0.354. The molecule has 4 heteroatoms. The molecular weight excluding hydrogens is 156 g/mol. The zero-order valence-electron chi connectivity index (χ0n) is 8.15. The molecule has 0 bridgehead atoms. The fourth-order valence-corrected chi connectivity index (χ4v) is 0. The second kappa shape index (κ2) is 4.28. The van der Waals surface area contributed by atoms with Gasteiger partial charge >= 0.3 is 0 Å². The lowest BCUT2D eigenvalue weighted by atomic mass is 11.8. The van der Waals surface area contributed by atoms with E-state index in [1.165, 1.54) is 0 Å². The van der Waals surface area contributed by atoms with Crippen LogP contribution in [0.5, 0.6) is 0 Å². The molecule has 0 atom stereocenters. The molecule has 64 valence electrons. The molecule has 10 heavy (non-hydrogen) atoms. The highest BCUT2D eigenvalue weighted by molar-refractivity contribution is 6.73. The predicted octanol–water partition coefficient (Wildman–Crippen LogP) is 1.56. The molecule has 0 unspecified atom stereocenters. The van der Waals surface area contributed by atoms with Crippen LogP contribution < -0.4 is 10.8 Å². The van der Waals surface area contributed by atoms with E-state index in [0.717, 1.165) is 0 Å². The molecule has 0 aromatic rings. The van der Waals surface area contributed by atoms with E-state index < -0.39 is 16.5 Å². The van der Waals surface area contributed by atoms with Gasteiger partial charge in [0.05, 0.1) is 0 Å². The summed E-state index contributed by atoms with van der Waals surface area (Å²) in [5.41, 5.74) is 0. The van der Waals surface area contributed by atoms with Crippen LogP contribution in [0.1, 0.15) is 0 Å². The first kappa shape index (κ1) is 13.0. The number of hydrogen-bond acceptors (Lipinski definition) is 2. The third kappa shape index (κ3) is 3610. The summed E-state index contributed by atoms with van der Waals surface area (Å²) >= 11 is 0. The largest absolute Gasteiger partial charge is 0.351 e. The molecule has 0 saturated carbocycles. The van der Waals surface area contributed by atoms with Gasteiger partial charge in [0.1, 0.15) is 16.5 Å². The Labute approximate surface area is 67.2 Å². The summed E-state index contributed by atoms with van der Waals surface area (Å²) in [5.74, 6) is 0. The van der Waals surface area contributed by atoms with E-state index in [1.807, 2.05) is 0 Å². The van der Waals surface area contributed by atoms with Crippen LogP contribution >= 0.6 is 0 Å². The maximum Gasteiger partial charge on any atom is 0.113 e. The Balaban J connectivity index is 0. The van der Waals surface area contributed by atoms with Crippen LogP contribution in [-0.2, 0) is 0 Å². The molecule has 0 fully saturated rings. The average Bonchev–Trinajstić information content (AvgIpc) is 1.12. The van der Waals surface area contributed by atoms with Crippen molar-refractivity contribution in [3.8, 4) is 0 Å². The van der Waals surface area contributed by atoms with E-state index in [0.29, 0.717) is 0 Å². The van der Waals surface area contributed by atoms with E-state index in [-0.39, 0.29) is 0 Å². The van der Waals surface area contributed by atoms with Gasteiger partial charge in [-0.2, -0.15) is 0 Å². The standard InChI is InChI=1S/2C3H11NSi/c2*1-5(2,3)4/h2*4H2,1-3H3. The molecule has 0 aromatic carbocycles. The number of hydrogen-bond donors (Lipinski definition) is 2. The first-order chi connectivity index (χ1) is 4.00. The summed E-state index contributed by atoms with van der Waals surface area (Å²) in [6, 6.07) is 0. The normalized spacial score (nSPS) is 12.0. The molecule has 0 aliphatic heterocycles. The zero-order chi connectivity index (χ0) is 9.00. The van der Waals surface area contributed by atoms with Crippen molar-refractivity contribution in [2.24, 2.45) is 10.8 Å². The highest BCUT2D eigenvalue weighted by Crippen LogP contribution is 1.84. The summed E-state index contributed by atoms with van der Waals surface area (Å²) in [5, 5.41) is 11.0. The lowest BCUT2D eigenvalue weighted by Gasteiger charge is -2.02. The number of rotatable bonds is 0. The van der Waals surface area contributed by atoms with Crippen molar-refractivity contribution in [2.45, 2.75) is 39.3 Å². The number of nitrogens with two attached hydrogens (primary N) is 2. The summed E-state index contributed by atoms with van der Waals surface area (Å²) < 4.78 is 0. The molecule has 0 rings (SSSR count). The highest BCUT2D eigenvalue weighted by Gasteiger charge is 2.00. The van der Waals surface area contributed by atoms with Gasteiger partial charge in [0.2, 0.25) is 0 Å². The van der Waals surface area contributed by atoms with E-state index in [4.69, 9.17) is 10.8 Å². The van der Waals surface area contributed by atoms with Gasteiger partial charge in [-0.1, -0.05) is 39.3 Å². The van der Waals surface area contributed by atoms with Gasteiger partial charge in [0.25, 0.3) is 0 Å². The minimum Gasteiger partial charge on any atom is -0.351 e. The van der Waals surface area contributed by atoms with Gasteiger partial charge in [-0.05, 0) is 0 Å². The Morgan fingerprint density at radius 2 is 0.600 bits per heavy atom. The Morgan fingerprint density at radius 1 is 0.600 bits per heavy atom. The highest BCUT2D eigenvalue weighted by atomic mass is 28.3. The van der Waals surface area contributed by atoms with Crippen molar-refractivity contribution in [1.29, 1.82) is 0 Å². The van der Waals surface area contributed by atoms with E-state index in [2.05, 4.69) is 39.3 Å². The van der Waals surface area contributed by atoms with Gasteiger partial charge in [-0.25, -0.2) is 0 Å². The third-order valence-corrected chi connectivity index (χ3v) is 0. The monoisotopic (exact) mass is 178 g/mol. The Bertz CT molecular complexity index is 56.7. The Kier molecular flexibility index (Phi) is 5.55. The van der Waals surface area contributed by atoms with Gasteiger partial charge in [-0.3, -0.25) is 0 Å². The fourth-order valence-electron chi connectivity index (χ4n) is 0. The van der Waals surface area contributed by atoms with Crippen LogP contribution in [0.15, 0.2) is 0 Å². The molecule has 0 spiro atoms. The molecule has 0 saturated heterocycles. The van der Waals surface area contributed by atoms with Gasteiger partial charge in [0, 0.05) is 0 Å². The molecule has 0 radical (unpaired) electrons. The van der Waals surface area contributed by atoms with E-state index in [1.54, 1.807) is 0 Å². The third-order valence-electron chi connectivity index (χ3n) is 0. The summed E-state index contributed by atoms with van der Waals surface area (Å²) in [6.45, 7) is 12.6. The average molecular weight is 178 g/mol. The van der Waals surface area contributed by atoms with Crippen molar-refractivity contribution in [3.05, 3.63) is 0 Å². The molecule has 0 aliphatic rings. The molecule has 0 aromatic heterocycles. The molecular formula is C6H22N2Si2. The first-order valence-corrected chi connectivity index (χ1v) is 10.7. The summed E-state index contributed by atoms with van der Waals surface area (Å²) in [7, 11) is -2.22. The van der Waals surface area contributed by atoms with Gasteiger partial charge in [0.15, 0.2) is 0 Å². The fraction of sp³-hybridized carbons (Fsp3) is 1.00. The van der Waals surface area contributed by atoms with E-state index in [9.17, 15) is 0 Å². The van der Waals surface area contributed by atoms with Gasteiger partial charge < -0.3 is 10.8 Å². The Morgan fingerprint density at radius 3 is 0.600 bits per heavy atom. The SMILES string of the molecule is C[Si](C)(C)N.C[Si](C)(C)N. The van der Waals surface area contributed by atoms with Crippen LogP contribution in [0.25, 0.3) is 0 Å². The van der Waals surface area contributed by atoms with Crippen LogP contribution in [0.4, 0.5) is 0 Å². The van der Waals surface area contributed by atoms with Crippen molar-refractivity contribution in [1.82, 2.24) is 0 Å². The lowest BCUT2D eigenvalue weighted by molar-refractivity contribution is 1.58. The summed E-state index contributed by atoms with van der Waals surface area (Å²) in [6.07, 6.45) is 0. The molecule has 4 N–H and O–H groups in total. The maximum atomic E-state index is 5.49. The maximum absolute atomic E-state index is 5.49. The van der Waals surface area contributed by atoms with Crippen LogP contribution in [0, 0.1) is 0 Å². The molecule has 2 nitrogen and oxygen atoms in total. The van der Waals surface area contributed by atoms with Crippen molar-refractivity contribution in [2.75, 3.05) is 0 Å². The van der Waals surface area contributed by atoms with Crippen LogP contribution in [0.2, 0.25) is 39.3 Å². The first-order valence-electron chi connectivity index (χ1n) is 3.58. The predicted molar refractivity (Wildman–Crippen MR) is 55.1 cm³/mol. The molecule has 0 heterocycles. The van der Waals surface area contributed by atoms with Gasteiger partial charge in [-0.15, -0.1) is 0 Å². The van der Waals surface area contributed by atoms with Crippen LogP contribution in [-0.4, -0.2) is 16.5 Å². The molecule has 0 aliphatic carbocycles. The van der Waals surface area contributed by atoms with Crippen molar-refractivity contribution in [3.63, 3.8) is 0 Å². The quantitative estimate of drug-likeness (QED) is 0.553. The topological polar surface area (TPSA) is 52.0 Å². The lowest BCUT2D eigenvalue weighted by Crippen LogP contribution is -2.33.